The van der Waals surface area contributed by atoms with Crippen molar-refractivity contribution in [2.24, 2.45) is 0 Å². The number of nitrogens with zero attached hydrogens (tertiary/aromatic N) is 2. The zero-order valence-corrected chi connectivity index (χ0v) is 18.3. The van der Waals surface area contributed by atoms with E-state index >= 15 is 0 Å². The Balaban J connectivity index is 0.000000152. The number of imidazole rings is 2. The van der Waals surface area contributed by atoms with Crippen molar-refractivity contribution >= 4 is 22.1 Å². The van der Waals surface area contributed by atoms with Gasteiger partial charge in [-0.3, -0.25) is 0 Å². The molecule has 0 aliphatic carbocycles. The molecule has 0 aliphatic heterocycles. The van der Waals surface area contributed by atoms with Gasteiger partial charge in [0, 0.05) is 11.1 Å². The molecule has 0 saturated carbocycles. The molecule has 2 heterocycles. The van der Waals surface area contributed by atoms with Crippen LogP contribution < -0.4 is 10.2 Å². The molecule has 163 valence electrons. The van der Waals surface area contributed by atoms with Gasteiger partial charge in [0.1, 0.15) is 11.6 Å². The summed E-state index contributed by atoms with van der Waals surface area (Å²) in [6, 6.07) is 29.2. The van der Waals surface area contributed by atoms with Gasteiger partial charge in [-0.2, -0.15) is 0 Å². The number of nitrogens with one attached hydrogen (secondary N) is 2. The molecule has 2 aromatic heterocycles. The Bertz CT molecular complexity index is 1340. The van der Waals surface area contributed by atoms with E-state index in [1.165, 1.54) is 0 Å². The van der Waals surface area contributed by atoms with Crippen molar-refractivity contribution < 1.29 is 27.0 Å². The SMILES string of the molecule is [Co+2].[O-]c1ccccc1-c1nc2ccccc2[nH]1.[O-]c1ccccc1-c1nc2ccccc2[nH]1. The van der Waals surface area contributed by atoms with Crippen LogP contribution in [-0.4, -0.2) is 19.9 Å². The van der Waals surface area contributed by atoms with Crippen LogP contribution in [0.2, 0.25) is 0 Å². The summed E-state index contributed by atoms with van der Waals surface area (Å²) in [5.74, 6) is 1.24. The monoisotopic (exact) mass is 477 g/mol. The molecule has 0 saturated heterocycles. The summed E-state index contributed by atoms with van der Waals surface area (Å²) in [4.78, 5) is 15.1. The maximum Gasteiger partial charge on any atom is 2.00 e. The summed E-state index contributed by atoms with van der Waals surface area (Å²) >= 11 is 0. The smallest absolute Gasteiger partial charge is 0.872 e. The molecule has 0 amide bonds. The van der Waals surface area contributed by atoms with E-state index in [2.05, 4.69) is 19.9 Å². The predicted octanol–water partition coefficient (Wildman–Crippen LogP) is 4.60. The second-order valence-electron chi connectivity index (χ2n) is 7.20. The minimum absolute atomic E-state index is 0. The van der Waals surface area contributed by atoms with Crippen LogP contribution in [0.5, 0.6) is 11.5 Å². The molecule has 0 aliphatic rings. The molecule has 6 nitrogen and oxygen atoms in total. The number of hydrogen-bond acceptors (Lipinski definition) is 4. The topological polar surface area (TPSA) is 103 Å². The number of rotatable bonds is 2. The summed E-state index contributed by atoms with van der Waals surface area (Å²) in [5.41, 5.74) is 4.86. The van der Waals surface area contributed by atoms with Gasteiger partial charge in [-0.25, -0.2) is 9.97 Å². The first-order valence-corrected chi connectivity index (χ1v) is 10.1. The third-order valence-electron chi connectivity index (χ3n) is 5.06. The molecule has 4 aromatic carbocycles. The minimum atomic E-state index is -0.0124. The van der Waals surface area contributed by atoms with Gasteiger partial charge in [0.05, 0.1) is 22.1 Å². The van der Waals surface area contributed by atoms with Gasteiger partial charge < -0.3 is 20.2 Å². The zero-order valence-electron chi connectivity index (χ0n) is 17.3. The number of fused-ring (bicyclic) bond motifs is 2. The fraction of sp³-hybridized carbons (Fsp3) is 0. The molecule has 0 atom stereocenters. The van der Waals surface area contributed by atoms with E-state index in [9.17, 15) is 10.2 Å². The molecule has 0 bridgehead atoms. The van der Waals surface area contributed by atoms with Crippen LogP contribution in [0.3, 0.4) is 0 Å². The van der Waals surface area contributed by atoms with Gasteiger partial charge in [-0.1, -0.05) is 84.3 Å². The Kier molecular flexibility index (Phi) is 6.44. The number of aromatic amines is 2. The molecule has 0 fully saturated rings. The van der Waals surface area contributed by atoms with Crippen molar-refractivity contribution in [3.05, 3.63) is 97.1 Å². The molecule has 0 spiro atoms. The Labute approximate surface area is 200 Å². The van der Waals surface area contributed by atoms with Gasteiger partial charge in [0.2, 0.25) is 0 Å². The zero-order chi connectivity index (χ0) is 21.9. The van der Waals surface area contributed by atoms with E-state index in [0.717, 1.165) is 22.1 Å². The fourth-order valence-corrected chi connectivity index (χ4v) is 3.49. The Morgan fingerprint density at radius 1 is 0.485 bits per heavy atom. The molecule has 6 aromatic rings. The molecule has 1 radical (unpaired) electrons. The normalized spacial score (nSPS) is 10.4. The minimum Gasteiger partial charge on any atom is -0.872 e. The molecule has 6 rings (SSSR count). The second kappa shape index (κ2) is 9.60. The Morgan fingerprint density at radius 2 is 0.848 bits per heavy atom. The van der Waals surface area contributed by atoms with E-state index in [0.29, 0.717) is 22.8 Å². The van der Waals surface area contributed by atoms with Crippen molar-refractivity contribution in [3.8, 4) is 34.3 Å². The van der Waals surface area contributed by atoms with E-state index in [4.69, 9.17) is 0 Å². The standard InChI is InChI=1S/2C13H10N2O.Co/c2*16-12-8-4-1-5-9(12)13-14-10-6-2-3-7-11(10)15-13;/h2*1-8,16H,(H,14,15);/q;;+2/p-2. The first-order chi connectivity index (χ1) is 15.7. The van der Waals surface area contributed by atoms with Crippen LogP contribution in [0.25, 0.3) is 44.8 Å². The van der Waals surface area contributed by atoms with Crippen LogP contribution in [0.15, 0.2) is 97.1 Å². The maximum absolute atomic E-state index is 11.6. The third kappa shape index (κ3) is 4.59. The molecule has 7 heteroatoms. The van der Waals surface area contributed by atoms with Gasteiger partial charge in [0.15, 0.2) is 0 Å². The van der Waals surface area contributed by atoms with Crippen LogP contribution in [-0.2, 0) is 16.8 Å². The number of para-hydroxylation sites is 6. The summed E-state index contributed by atoms with van der Waals surface area (Å²) in [5, 5.41) is 23.3. The third-order valence-corrected chi connectivity index (χ3v) is 5.06. The molecular weight excluding hydrogens is 459 g/mol. The van der Waals surface area contributed by atoms with Crippen LogP contribution in [0.1, 0.15) is 0 Å². The molecular formula is C26H18CoN4O2. The average molecular weight is 477 g/mol. The summed E-state index contributed by atoms with van der Waals surface area (Å²) in [7, 11) is 0. The molecule has 2 N–H and O–H groups in total. The van der Waals surface area contributed by atoms with Gasteiger partial charge >= 0.3 is 16.8 Å². The van der Waals surface area contributed by atoms with Crippen LogP contribution >= 0.6 is 0 Å². The number of benzene rings is 4. The number of hydrogen-bond donors (Lipinski definition) is 2. The first-order valence-electron chi connectivity index (χ1n) is 10.1. The van der Waals surface area contributed by atoms with Gasteiger partial charge in [-0.05, 0) is 24.3 Å². The number of H-pyrrole nitrogens is 2. The largest absolute Gasteiger partial charge is 2.00 e. The van der Waals surface area contributed by atoms with Crippen molar-refractivity contribution in [2.45, 2.75) is 0 Å². The van der Waals surface area contributed by atoms with Crippen molar-refractivity contribution in [3.63, 3.8) is 0 Å². The van der Waals surface area contributed by atoms with Gasteiger partial charge in [-0.15, -0.1) is 0 Å². The van der Waals surface area contributed by atoms with Crippen molar-refractivity contribution in [1.82, 2.24) is 19.9 Å². The van der Waals surface area contributed by atoms with Gasteiger partial charge in [0.25, 0.3) is 0 Å². The number of aromatic nitrogens is 4. The molecule has 33 heavy (non-hydrogen) atoms. The summed E-state index contributed by atoms with van der Waals surface area (Å²) in [6.07, 6.45) is 0. The fourth-order valence-electron chi connectivity index (χ4n) is 3.49. The maximum atomic E-state index is 11.6. The Morgan fingerprint density at radius 3 is 1.24 bits per heavy atom. The summed E-state index contributed by atoms with van der Waals surface area (Å²) in [6.45, 7) is 0. The van der Waals surface area contributed by atoms with Crippen LogP contribution in [0, 0.1) is 0 Å². The van der Waals surface area contributed by atoms with E-state index in [1.54, 1.807) is 36.4 Å². The van der Waals surface area contributed by atoms with Crippen molar-refractivity contribution in [1.29, 1.82) is 0 Å². The Hall–Kier alpha value is -4.07. The predicted molar refractivity (Wildman–Crippen MR) is 122 cm³/mol. The van der Waals surface area contributed by atoms with Crippen molar-refractivity contribution in [2.75, 3.05) is 0 Å². The second-order valence-corrected chi connectivity index (χ2v) is 7.20. The molecule has 0 unspecified atom stereocenters. The summed E-state index contributed by atoms with van der Waals surface area (Å²) < 4.78 is 0. The van der Waals surface area contributed by atoms with E-state index < -0.39 is 0 Å². The first kappa shape index (κ1) is 22.1. The van der Waals surface area contributed by atoms with Crippen LogP contribution in [0.4, 0.5) is 0 Å². The van der Waals surface area contributed by atoms with E-state index in [-0.39, 0.29) is 28.3 Å². The van der Waals surface area contributed by atoms with E-state index in [1.807, 2.05) is 60.7 Å². The average Bonchev–Trinajstić information content (AvgIpc) is 3.44. The quantitative estimate of drug-likeness (QED) is 0.380.